The van der Waals surface area contributed by atoms with E-state index < -0.39 is 0 Å². The number of aryl methyl sites for hydroxylation is 1. The predicted molar refractivity (Wildman–Crippen MR) is 86.4 cm³/mol. The van der Waals surface area contributed by atoms with Crippen LogP contribution in [0.5, 0.6) is 5.75 Å². The van der Waals surface area contributed by atoms with Gasteiger partial charge in [-0.2, -0.15) is 5.10 Å². The molecule has 1 fully saturated rings. The standard InChI is InChI=1S/C16H21N5O2/c1-23-15-5-3-2-4-14(15)19-8-10-20(11-9-19)16(22)6-7-21-13-17-12-18-21/h2-5,12-13H,6-11H2,1H3. The van der Waals surface area contributed by atoms with E-state index in [2.05, 4.69) is 21.0 Å². The van der Waals surface area contributed by atoms with Crippen LogP contribution >= 0.6 is 0 Å². The molecule has 1 amide bonds. The van der Waals surface area contributed by atoms with E-state index in [1.165, 1.54) is 6.33 Å². The Morgan fingerprint density at radius 1 is 1.22 bits per heavy atom. The lowest BCUT2D eigenvalue weighted by molar-refractivity contribution is -0.131. The van der Waals surface area contributed by atoms with Crippen molar-refractivity contribution in [1.29, 1.82) is 0 Å². The van der Waals surface area contributed by atoms with Crippen LogP contribution in [0.2, 0.25) is 0 Å². The fraction of sp³-hybridized carbons (Fsp3) is 0.438. The molecule has 0 spiro atoms. The van der Waals surface area contributed by atoms with Gasteiger partial charge >= 0.3 is 0 Å². The van der Waals surface area contributed by atoms with Gasteiger partial charge in [0.15, 0.2) is 0 Å². The molecule has 1 saturated heterocycles. The molecule has 0 N–H and O–H groups in total. The number of benzene rings is 1. The second-order valence-corrected chi connectivity index (χ2v) is 5.45. The number of methoxy groups -OCH3 is 1. The highest BCUT2D eigenvalue weighted by Gasteiger charge is 2.22. The highest BCUT2D eigenvalue weighted by atomic mass is 16.5. The number of hydrogen-bond acceptors (Lipinski definition) is 5. The molecule has 0 radical (unpaired) electrons. The first kappa shape index (κ1) is 15.3. The maximum atomic E-state index is 12.3. The summed E-state index contributed by atoms with van der Waals surface area (Å²) >= 11 is 0. The largest absolute Gasteiger partial charge is 0.495 e. The molecule has 0 aliphatic carbocycles. The molecule has 0 saturated carbocycles. The lowest BCUT2D eigenvalue weighted by Gasteiger charge is -2.36. The summed E-state index contributed by atoms with van der Waals surface area (Å²) < 4.78 is 7.10. The molecule has 7 heteroatoms. The van der Waals surface area contributed by atoms with E-state index in [4.69, 9.17) is 4.74 Å². The van der Waals surface area contributed by atoms with Gasteiger partial charge in [-0.05, 0) is 12.1 Å². The molecular formula is C16H21N5O2. The Morgan fingerprint density at radius 3 is 2.70 bits per heavy atom. The Bertz CT molecular complexity index is 636. The Hall–Kier alpha value is -2.57. The monoisotopic (exact) mass is 315 g/mol. The molecule has 7 nitrogen and oxygen atoms in total. The van der Waals surface area contributed by atoms with Gasteiger partial charge in [-0.1, -0.05) is 12.1 Å². The Balaban J connectivity index is 1.52. The van der Waals surface area contributed by atoms with Crippen molar-refractivity contribution in [2.24, 2.45) is 0 Å². The summed E-state index contributed by atoms with van der Waals surface area (Å²) in [6.07, 6.45) is 3.57. The zero-order valence-corrected chi connectivity index (χ0v) is 13.3. The van der Waals surface area contributed by atoms with Crippen molar-refractivity contribution in [3.63, 3.8) is 0 Å². The second-order valence-electron chi connectivity index (χ2n) is 5.45. The minimum absolute atomic E-state index is 0.167. The lowest BCUT2D eigenvalue weighted by Crippen LogP contribution is -2.49. The van der Waals surface area contributed by atoms with Crippen molar-refractivity contribution < 1.29 is 9.53 Å². The first-order chi connectivity index (χ1) is 11.3. The molecule has 1 aromatic heterocycles. The normalized spacial score (nSPS) is 14.8. The van der Waals surface area contributed by atoms with E-state index in [9.17, 15) is 4.79 Å². The van der Waals surface area contributed by atoms with E-state index in [0.717, 1.165) is 37.6 Å². The molecule has 1 aromatic carbocycles. The molecule has 1 aliphatic rings. The van der Waals surface area contributed by atoms with E-state index in [-0.39, 0.29) is 5.91 Å². The van der Waals surface area contributed by atoms with Gasteiger partial charge in [-0.15, -0.1) is 0 Å². The third kappa shape index (κ3) is 3.61. The van der Waals surface area contributed by atoms with Gasteiger partial charge < -0.3 is 14.5 Å². The molecular weight excluding hydrogens is 294 g/mol. The SMILES string of the molecule is COc1ccccc1N1CCN(C(=O)CCn2cncn2)CC1. The number of para-hydroxylation sites is 2. The van der Waals surface area contributed by atoms with E-state index in [1.54, 1.807) is 18.1 Å². The first-order valence-electron chi connectivity index (χ1n) is 7.76. The van der Waals surface area contributed by atoms with Gasteiger partial charge in [0.2, 0.25) is 5.91 Å². The number of amides is 1. The number of aromatic nitrogens is 3. The van der Waals surface area contributed by atoms with Crippen LogP contribution in [0.4, 0.5) is 5.69 Å². The Labute approximate surface area is 135 Å². The summed E-state index contributed by atoms with van der Waals surface area (Å²) in [5.41, 5.74) is 1.09. The third-order valence-electron chi connectivity index (χ3n) is 4.08. The molecule has 0 bridgehead atoms. The van der Waals surface area contributed by atoms with Crippen molar-refractivity contribution in [1.82, 2.24) is 19.7 Å². The first-order valence-corrected chi connectivity index (χ1v) is 7.76. The predicted octanol–water partition coefficient (Wildman–Crippen LogP) is 1.03. The van der Waals surface area contributed by atoms with Crippen molar-refractivity contribution in [3.8, 4) is 5.75 Å². The van der Waals surface area contributed by atoms with Crippen LogP contribution in [0.3, 0.4) is 0 Å². The average molecular weight is 315 g/mol. The van der Waals surface area contributed by atoms with Crippen LogP contribution in [0.15, 0.2) is 36.9 Å². The van der Waals surface area contributed by atoms with Crippen LogP contribution < -0.4 is 9.64 Å². The summed E-state index contributed by atoms with van der Waals surface area (Å²) in [5.74, 6) is 1.04. The maximum Gasteiger partial charge on any atom is 0.224 e. The molecule has 23 heavy (non-hydrogen) atoms. The second kappa shape index (κ2) is 7.13. The lowest BCUT2D eigenvalue weighted by atomic mass is 10.2. The van der Waals surface area contributed by atoms with E-state index in [0.29, 0.717) is 13.0 Å². The van der Waals surface area contributed by atoms with Gasteiger partial charge in [-0.25, -0.2) is 4.98 Å². The van der Waals surface area contributed by atoms with Gasteiger partial charge in [0.25, 0.3) is 0 Å². The summed E-state index contributed by atoms with van der Waals surface area (Å²) in [6.45, 7) is 3.67. The van der Waals surface area contributed by atoms with E-state index in [1.807, 2.05) is 23.1 Å². The van der Waals surface area contributed by atoms with Gasteiger partial charge in [-0.3, -0.25) is 9.48 Å². The summed E-state index contributed by atoms with van der Waals surface area (Å²) in [7, 11) is 1.68. The van der Waals surface area contributed by atoms with Crippen LogP contribution in [0, 0.1) is 0 Å². The van der Waals surface area contributed by atoms with Crippen LogP contribution in [0.1, 0.15) is 6.42 Å². The molecule has 3 rings (SSSR count). The molecule has 0 atom stereocenters. The Kier molecular flexibility index (Phi) is 4.75. The zero-order valence-electron chi connectivity index (χ0n) is 13.3. The number of rotatable bonds is 5. The van der Waals surface area contributed by atoms with Crippen LogP contribution in [-0.2, 0) is 11.3 Å². The van der Waals surface area contributed by atoms with Crippen LogP contribution in [-0.4, -0.2) is 58.9 Å². The molecule has 1 aliphatic heterocycles. The zero-order chi connectivity index (χ0) is 16.1. The molecule has 0 unspecified atom stereocenters. The van der Waals surface area contributed by atoms with Crippen molar-refractivity contribution in [3.05, 3.63) is 36.9 Å². The average Bonchev–Trinajstić information content (AvgIpc) is 3.13. The number of carbonyl (C=O) groups is 1. The summed E-state index contributed by atoms with van der Waals surface area (Å²) in [5, 5.41) is 4.02. The minimum atomic E-state index is 0.167. The quantitative estimate of drug-likeness (QED) is 0.824. The number of nitrogens with zero attached hydrogens (tertiary/aromatic N) is 5. The van der Waals surface area contributed by atoms with Crippen molar-refractivity contribution >= 4 is 11.6 Å². The molecule has 2 heterocycles. The van der Waals surface area contributed by atoms with E-state index >= 15 is 0 Å². The van der Waals surface area contributed by atoms with Crippen molar-refractivity contribution in [2.75, 3.05) is 38.2 Å². The maximum absolute atomic E-state index is 12.3. The van der Waals surface area contributed by atoms with Gasteiger partial charge in [0.1, 0.15) is 18.4 Å². The highest BCUT2D eigenvalue weighted by molar-refractivity contribution is 5.76. The van der Waals surface area contributed by atoms with Gasteiger partial charge in [0, 0.05) is 32.6 Å². The molecule has 2 aromatic rings. The number of carbonyl (C=O) groups excluding carboxylic acids is 1. The number of piperazine rings is 1. The smallest absolute Gasteiger partial charge is 0.224 e. The Morgan fingerprint density at radius 2 is 2.00 bits per heavy atom. The van der Waals surface area contributed by atoms with Crippen molar-refractivity contribution in [2.45, 2.75) is 13.0 Å². The third-order valence-corrected chi connectivity index (χ3v) is 4.08. The highest BCUT2D eigenvalue weighted by Crippen LogP contribution is 2.28. The fourth-order valence-corrected chi connectivity index (χ4v) is 2.80. The summed E-state index contributed by atoms with van der Waals surface area (Å²) in [4.78, 5) is 20.3. The number of anilines is 1. The summed E-state index contributed by atoms with van der Waals surface area (Å²) in [6, 6.07) is 7.99. The molecule has 122 valence electrons. The fourth-order valence-electron chi connectivity index (χ4n) is 2.80. The topological polar surface area (TPSA) is 63.5 Å². The van der Waals surface area contributed by atoms with Gasteiger partial charge in [0.05, 0.1) is 19.3 Å². The number of hydrogen-bond donors (Lipinski definition) is 0. The minimum Gasteiger partial charge on any atom is -0.495 e. The number of ether oxygens (including phenoxy) is 1. The van der Waals surface area contributed by atoms with Crippen LogP contribution in [0.25, 0.3) is 0 Å².